The molecule has 1 aliphatic heterocycles. The first-order valence-corrected chi connectivity index (χ1v) is 9.09. The Kier molecular flexibility index (Phi) is 5.11. The molecule has 1 saturated heterocycles. The first-order chi connectivity index (χ1) is 11.6. The zero-order chi connectivity index (χ0) is 17.1. The average Bonchev–Trinajstić information content (AvgIpc) is 3.19. The van der Waals surface area contributed by atoms with Gasteiger partial charge in [0.05, 0.1) is 14.4 Å². The number of amides is 2. The first kappa shape index (κ1) is 16.9. The topological polar surface area (TPSA) is 70.6 Å². The van der Waals surface area contributed by atoms with Crippen molar-refractivity contribution in [3.63, 3.8) is 0 Å². The van der Waals surface area contributed by atoms with Crippen molar-refractivity contribution in [3.05, 3.63) is 56.7 Å². The zero-order valence-corrected chi connectivity index (χ0v) is 15.4. The Bertz CT molecular complexity index is 788. The summed E-state index contributed by atoms with van der Waals surface area (Å²) in [6.45, 7) is 2.28. The van der Waals surface area contributed by atoms with Gasteiger partial charge in [-0.15, -0.1) is 11.3 Å². The third-order valence-corrected chi connectivity index (χ3v) is 5.69. The number of carbonyl (C=O) groups is 2. The number of hydrogen-bond donors (Lipinski definition) is 2. The van der Waals surface area contributed by atoms with Gasteiger partial charge in [-0.05, 0) is 40.5 Å². The maximum Gasteiger partial charge on any atom is 0.253 e. The van der Waals surface area contributed by atoms with Gasteiger partial charge in [0.25, 0.3) is 5.91 Å². The van der Waals surface area contributed by atoms with Gasteiger partial charge in [0.1, 0.15) is 5.92 Å². The van der Waals surface area contributed by atoms with Crippen LogP contribution in [-0.2, 0) is 9.59 Å². The summed E-state index contributed by atoms with van der Waals surface area (Å²) in [5.41, 5.74) is 4.22. The standard InChI is InChI=1S/C17H16BrN3O2S/c1-10(13-7-8-14(18)24-13)20-21-17(23)15-12(9-19-16(15)22)11-5-3-2-4-6-11/h2-8,12,15H,9H2,1H3,(H,19,22)(H,21,23). The third kappa shape index (κ3) is 3.57. The molecule has 3 rings (SSSR count). The molecule has 2 amide bonds. The van der Waals surface area contributed by atoms with E-state index in [-0.39, 0.29) is 17.7 Å². The third-order valence-electron chi connectivity index (χ3n) is 3.95. The Labute approximate surface area is 152 Å². The van der Waals surface area contributed by atoms with E-state index in [4.69, 9.17) is 0 Å². The number of carbonyl (C=O) groups excluding carboxylic acids is 2. The first-order valence-electron chi connectivity index (χ1n) is 7.49. The molecular formula is C17H16BrN3O2S. The van der Waals surface area contributed by atoms with Crippen molar-refractivity contribution in [2.75, 3.05) is 6.54 Å². The largest absolute Gasteiger partial charge is 0.355 e. The fourth-order valence-electron chi connectivity index (χ4n) is 2.71. The summed E-state index contributed by atoms with van der Waals surface area (Å²) in [6.07, 6.45) is 0. The van der Waals surface area contributed by atoms with Crippen LogP contribution in [0.3, 0.4) is 0 Å². The fraction of sp³-hybridized carbons (Fsp3) is 0.235. The summed E-state index contributed by atoms with van der Waals surface area (Å²) in [7, 11) is 0. The number of nitrogens with zero attached hydrogens (tertiary/aromatic N) is 1. The van der Waals surface area contributed by atoms with Crippen LogP contribution < -0.4 is 10.7 Å². The second-order valence-corrected chi connectivity index (χ2v) is 7.98. The van der Waals surface area contributed by atoms with Crippen LogP contribution in [0.4, 0.5) is 0 Å². The molecule has 0 radical (unpaired) electrons. The van der Waals surface area contributed by atoms with Gasteiger partial charge in [-0.2, -0.15) is 5.10 Å². The van der Waals surface area contributed by atoms with E-state index >= 15 is 0 Å². The molecule has 0 saturated carbocycles. The van der Waals surface area contributed by atoms with Gasteiger partial charge in [0.15, 0.2) is 0 Å². The van der Waals surface area contributed by atoms with E-state index in [0.29, 0.717) is 12.3 Å². The molecule has 2 unspecified atom stereocenters. The van der Waals surface area contributed by atoms with Crippen molar-refractivity contribution in [1.29, 1.82) is 0 Å². The lowest BCUT2D eigenvalue weighted by atomic mass is 9.88. The fourth-order valence-corrected chi connectivity index (χ4v) is 4.04. The molecule has 7 heteroatoms. The smallest absolute Gasteiger partial charge is 0.253 e. The normalized spacial score (nSPS) is 20.8. The van der Waals surface area contributed by atoms with E-state index in [2.05, 4.69) is 31.8 Å². The lowest BCUT2D eigenvalue weighted by molar-refractivity contribution is -0.133. The number of hydrogen-bond acceptors (Lipinski definition) is 4. The maximum absolute atomic E-state index is 12.5. The van der Waals surface area contributed by atoms with Gasteiger partial charge in [-0.25, -0.2) is 5.43 Å². The molecule has 2 aromatic rings. The van der Waals surface area contributed by atoms with Crippen molar-refractivity contribution >= 4 is 44.8 Å². The molecule has 1 fully saturated rings. The van der Waals surface area contributed by atoms with Crippen molar-refractivity contribution in [2.45, 2.75) is 12.8 Å². The molecule has 1 aliphatic rings. The quantitative estimate of drug-likeness (QED) is 0.466. The highest BCUT2D eigenvalue weighted by molar-refractivity contribution is 9.11. The summed E-state index contributed by atoms with van der Waals surface area (Å²) < 4.78 is 0.998. The minimum atomic E-state index is -0.765. The lowest BCUT2D eigenvalue weighted by Gasteiger charge is -2.15. The molecule has 2 heterocycles. The van der Waals surface area contributed by atoms with E-state index in [1.54, 1.807) is 0 Å². The predicted molar refractivity (Wildman–Crippen MR) is 98.1 cm³/mol. The number of halogens is 1. The summed E-state index contributed by atoms with van der Waals surface area (Å²) in [5, 5.41) is 6.91. The summed E-state index contributed by atoms with van der Waals surface area (Å²) in [5.74, 6) is -1.58. The van der Waals surface area contributed by atoms with Gasteiger partial charge in [0.2, 0.25) is 5.91 Å². The van der Waals surface area contributed by atoms with E-state index in [1.807, 2.05) is 49.4 Å². The van der Waals surface area contributed by atoms with Crippen LogP contribution in [0.15, 0.2) is 51.4 Å². The molecule has 1 aromatic heterocycles. The van der Waals surface area contributed by atoms with Gasteiger partial charge in [0, 0.05) is 12.5 Å². The second kappa shape index (κ2) is 7.27. The maximum atomic E-state index is 12.5. The molecular weight excluding hydrogens is 390 g/mol. The van der Waals surface area contributed by atoms with Crippen LogP contribution in [0.1, 0.15) is 23.3 Å². The number of nitrogens with one attached hydrogen (secondary N) is 2. The Morgan fingerprint density at radius 1 is 1.29 bits per heavy atom. The number of hydrazone groups is 1. The minimum Gasteiger partial charge on any atom is -0.355 e. The highest BCUT2D eigenvalue weighted by Gasteiger charge is 2.40. The summed E-state index contributed by atoms with van der Waals surface area (Å²) in [4.78, 5) is 25.5. The number of thiophene rings is 1. The second-order valence-electron chi connectivity index (χ2n) is 5.52. The Balaban J connectivity index is 1.74. The van der Waals surface area contributed by atoms with Crippen molar-refractivity contribution in [3.8, 4) is 0 Å². The van der Waals surface area contributed by atoms with Crippen LogP contribution in [0, 0.1) is 5.92 Å². The highest BCUT2D eigenvalue weighted by atomic mass is 79.9. The molecule has 0 aliphatic carbocycles. The van der Waals surface area contributed by atoms with Crippen molar-refractivity contribution in [2.24, 2.45) is 11.0 Å². The Hall–Kier alpha value is -1.99. The van der Waals surface area contributed by atoms with Crippen molar-refractivity contribution < 1.29 is 9.59 Å². The number of benzene rings is 1. The minimum absolute atomic E-state index is 0.176. The lowest BCUT2D eigenvalue weighted by Crippen LogP contribution is -2.35. The summed E-state index contributed by atoms with van der Waals surface area (Å²) >= 11 is 4.93. The van der Waals surface area contributed by atoms with E-state index in [9.17, 15) is 9.59 Å². The molecule has 124 valence electrons. The van der Waals surface area contributed by atoms with Crippen LogP contribution in [0.5, 0.6) is 0 Å². The van der Waals surface area contributed by atoms with Crippen LogP contribution in [0.25, 0.3) is 0 Å². The number of rotatable bonds is 4. The zero-order valence-electron chi connectivity index (χ0n) is 13.0. The molecule has 24 heavy (non-hydrogen) atoms. The van der Waals surface area contributed by atoms with Crippen LogP contribution >= 0.6 is 27.3 Å². The van der Waals surface area contributed by atoms with Crippen LogP contribution in [-0.4, -0.2) is 24.1 Å². The molecule has 2 atom stereocenters. The van der Waals surface area contributed by atoms with Crippen molar-refractivity contribution in [1.82, 2.24) is 10.7 Å². The Morgan fingerprint density at radius 2 is 2.04 bits per heavy atom. The molecule has 0 spiro atoms. The molecule has 2 N–H and O–H groups in total. The Morgan fingerprint density at radius 3 is 2.71 bits per heavy atom. The monoisotopic (exact) mass is 405 g/mol. The van der Waals surface area contributed by atoms with E-state index in [0.717, 1.165) is 14.2 Å². The summed E-state index contributed by atoms with van der Waals surface area (Å²) in [6, 6.07) is 13.4. The van der Waals surface area contributed by atoms with Gasteiger partial charge < -0.3 is 5.32 Å². The van der Waals surface area contributed by atoms with E-state index < -0.39 is 5.92 Å². The predicted octanol–water partition coefficient (Wildman–Crippen LogP) is 2.88. The average molecular weight is 406 g/mol. The van der Waals surface area contributed by atoms with Gasteiger partial charge in [-0.3, -0.25) is 9.59 Å². The van der Waals surface area contributed by atoms with Gasteiger partial charge in [-0.1, -0.05) is 30.3 Å². The molecule has 5 nitrogen and oxygen atoms in total. The van der Waals surface area contributed by atoms with Gasteiger partial charge >= 0.3 is 0 Å². The SMILES string of the molecule is CC(=NNC(=O)C1C(=O)NCC1c1ccccc1)c1ccc(Br)s1. The molecule has 1 aromatic carbocycles. The molecule has 0 bridgehead atoms. The van der Waals surface area contributed by atoms with Crippen LogP contribution in [0.2, 0.25) is 0 Å². The van der Waals surface area contributed by atoms with E-state index in [1.165, 1.54) is 11.3 Å². The highest BCUT2D eigenvalue weighted by Crippen LogP contribution is 2.29.